The van der Waals surface area contributed by atoms with Crippen molar-refractivity contribution >= 4 is 17.3 Å². The number of rotatable bonds is 2. The molecule has 2 aromatic rings. The molecule has 0 atom stereocenters. The van der Waals surface area contributed by atoms with E-state index in [-0.39, 0.29) is 11.4 Å². The maximum atomic E-state index is 13.5. The van der Waals surface area contributed by atoms with Crippen LogP contribution in [0.5, 0.6) is 0 Å². The molecule has 0 unspecified atom stereocenters. The molecular weight excluding hydrogens is 309 g/mol. The van der Waals surface area contributed by atoms with Crippen molar-refractivity contribution in [1.29, 1.82) is 0 Å². The van der Waals surface area contributed by atoms with Crippen LogP contribution in [0.4, 0.5) is 33.3 Å². The third-order valence-corrected chi connectivity index (χ3v) is 2.69. The van der Waals surface area contributed by atoms with Gasteiger partial charge in [-0.3, -0.25) is 9.78 Å². The van der Waals surface area contributed by atoms with Gasteiger partial charge in [0.1, 0.15) is 11.4 Å². The molecule has 0 fully saturated rings. The molecule has 0 saturated heterocycles. The number of amides is 1. The SMILES string of the molecule is Nc1cncc(F)c1C(=O)Nc1ccc(F)c(C(F)(F)F)c1. The van der Waals surface area contributed by atoms with E-state index in [1.54, 1.807) is 0 Å². The smallest absolute Gasteiger partial charge is 0.397 e. The van der Waals surface area contributed by atoms with Gasteiger partial charge in [0.25, 0.3) is 5.91 Å². The van der Waals surface area contributed by atoms with Gasteiger partial charge in [0.15, 0.2) is 5.82 Å². The lowest BCUT2D eigenvalue weighted by atomic mass is 10.1. The van der Waals surface area contributed by atoms with Gasteiger partial charge in [-0.15, -0.1) is 0 Å². The first kappa shape index (κ1) is 15.7. The molecule has 1 heterocycles. The Morgan fingerprint density at radius 3 is 2.41 bits per heavy atom. The Morgan fingerprint density at radius 2 is 1.82 bits per heavy atom. The number of alkyl halides is 3. The van der Waals surface area contributed by atoms with Crippen LogP contribution in [-0.4, -0.2) is 10.9 Å². The molecule has 1 amide bonds. The van der Waals surface area contributed by atoms with Crippen molar-refractivity contribution in [2.75, 3.05) is 11.1 Å². The number of carbonyl (C=O) groups is 1. The highest BCUT2D eigenvalue weighted by atomic mass is 19.4. The summed E-state index contributed by atoms with van der Waals surface area (Å²) in [6.45, 7) is 0. The summed E-state index contributed by atoms with van der Waals surface area (Å²) in [6, 6.07) is 1.87. The van der Waals surface area contributed by atoms with Crippen LogP contribution in [0.1, 0.15) is 15.9 Å². The van der Waals surface area contributed by atoms with Crippen LogP contribution in [0.15, 0.2) is 30.6 Å². The van der Waals surface area contributed by atoms with E-state index in [1.807, 2.05) is 5.32 Å². The van der Waals surface area contributed by atoms with Gasteiger partial charge in [0, 0.05) is 5.69 Å². The van der Waals surface area contributed by atoms with Gasteiger partial charge in [-0.1, -0.05) is 0 Å². The molecular formula is C13H8F5N3O. The Kier molecular flexibility index (Phi) is 3.98. The zero-order valence-corrected chi connectivity index (χ0v) is 10.7. The quantitative estimate of drug-likeness (QED) is 0.836. The lowest BCUT2D eigenvalue weighted by Crippen LogP contribution is -2.17. The van der Waals surface area contributed by atoms with E-state index < -0.39 is 34.8 Å². The number of nitrogens with one attached hydrogen (secondary N) is 1. The summed E-state index contributed by atoms with van der Waals surface area (Å²) in [6.07, 6.45) is -3.17. The van der Waals surface area contributed by atoms with Crippen LogP contribution in [0.2, 0.25) is 0 Å². The number of aromatic nitrogens is 1. The summed E-state index contributed by atoms with van der Waals surface area (Å²) in [5, 5.41) is 2.03. The van der Waals surface area contributed by atoms with Crippen molar-refractivity contribution in [2.24, 2.45) is 0 Å². The zero-order chi connectivity index (χ0) is 16.5. The van der Waals surface area contributed by atoms with Crippen molar-refractivity contribution in [2.45, 2.75) is 6.18 Å². The van der Waals surface area contributed by atoms with Gasteiger partial charge in [0.2, 0.25) is 0 Å². The second kappa shape index (κ2) is 5.58. The minimum absolute atomic E-state index is 0.282. The topological polar surface area (TPSA) is 68.0 Å². The standard InChI is InChI=1S/C13H8F5N3O/c14-8-2-1-6(3-7(8)13(16,17)18)21-12(22)11-9(15)4-20-5-10(11)19/h1-5H,19H2,(H,21,22). The average Bonchev–Trinajstić information content (AvgIpc) is 2.39. The van der Waals surface area contributed by atoms with Gasteiger partial charge in [-0.05, 0) is 18.2 Å². The summed E-state index contributed by atoms with van der Waals surface area (Å²) in [5.41, 5.74) is 2.65. The number of nitrogen functional groups attached to an aromatic ring is 1. The second-order valence-electron chi connectivity index (χ2n) is 4.23. The molecule has 1 aromatic carbocycles. The molecule has 9 heteroatoms. The van der Waals surface area contributed by atoms with Crippen LogP contribution in [0.25, 0.3) is 0 Å². The van der Waals surface area contributed by atoms with Crippen LogP contribution in [0.3, 0.4) is 0 Å². The average molecular weight is 317 g/mol. The van der Waals surface area contributed by atoms with Crippen LogP contribution >= 0.6 is 0 Å². The summed E-state index contributed by atoms with van der Waals surface area (Å²) >= 11 is 0. The molecule has 1 aromatic heterocycles. The maximum Gasteiger partial charge on any atom is 0.419 e. The van der Waals surface area contributed by atoms with Crippen molar-refractivity contribution in [3.63, 3.8) is 0 Å². The summed E-state index contributed by atoms with van der Waals surface area (Å²) in [5.74, 6) is -3.59. The van der Waals surface area contributed by atoms with Gasteiger partial charge >= 0.3 is 6.18 Å². The third-order valence-electron chi connectivity index (χ3n) is 2.69. The van der Waals surface area contributed by atoms with Gasteiger partial charge in [0.05, 0.1) is 23.6 Å². The lowest BCUT2D eigenvalue weighted by molar-refractivity contribution is -0.139. The predicted molar refractivity (Wildman–Crippen MR) is 68.0 cm³/mol. The summed E-state index contributed by atoms with van der Waals surface area (Å²) in [7, 11) is 0. The van der Waals surface area contributed by atoms with Gasteiger partial charge in [-0.25, -0.2) is 8.78 Å². The van der Waals surface area contributed by atoms with E-state index in [1.165, 1.54) is 0 Å². The van der Waals surface area contributed by atoms with Gasteiger partial charge < -0.3 is 11.1 Å². The number of nitrogens with zero attached hydrogens (tertiary/aromatic N) is 1. The highest BCUT2D eigenvalue weighted by Gasteiger charge is 2.34. The van der Waals surface area contributed by atoms with E-state index >= 15 is 0 Å². The number of benzene rings is 1. The van der Waals surface area contributed by atoms with Crippen LogP contribution in [-0.2, 0) is 6.18 Å². The first-order valence-corrected chi connectivity index (χ1v) is 5.77. The van der Waals surface area contributed by atoms with Crippen molar-refractivity contribution < 1.29 is 26.7 Å². The fraction of sp³-hybridized carbons (Fsp3) is 0.0769. The van der Waals surface area contributed by atoms with Crippen molar-refractivity contribution in [1.82, 2.24) is 4.98 Å². The fourth-order valence-electron chi connectivity index (χ4n) is 1.70. The first-order chi connectivity index (χ1) is 10.2. The maximum absolute atomic E-state index is 13.5. The van der Waals surface area contributed by atoms with E-state index in [2.05, 4.69) is 4.98 Å². The van der Waals surface area contributed by atoms with Gasteiger partial charge in [-0.2, -0.15) is 13.2 Å². The Hall–Kier alpha value is -2.71. The normalized spacial score (nSPS) is 11.3. The third kappa shape index (κ3) is 3.13. The Balaban J connectivity index is 2.34. The molecule has 2 rings (SSSR count). The highest BCUT2D eigenvalue weighted by molar-refractivity contribution is 6.07. The number of carbonyl (C=O) groups excluding carboxylic acids is 1. The number of halogens is 5. The number of anilines is 2. The van der Waals surface area contributed by atoms with E-state index in [0.29, 0.717) is 12.1 Å². The van der Waals surface area contributed by atoms with Crippen molar-refractivity contribution in [3.05, 3.63) is 53.4 Å². The van der Waals surface area contributed by atoms with Crippen LogP contribution < -0.4 is 11.1 Å². The first-order valence-electron chi connectivity index (χ1n) is 5.77. The zero-order valence-electron chi connectivity index (χ0n) is 10.7. The molecule has 0 aliphatic rings. The van der Waals surface area contributed by atoms with Crippen molar-refractivity contribution in [3.8, 4) is 0 Å². The Bertz CT molecular complexity index is 710. The summed E-state index contributed by atoms with van der Waals surface area (Å²) < 4.78 is 64.4. The Morgan fingerprint density at radius 1 is 1.14 bits per heavy atom. The molecule has 0 radical (unpaired) electrons. The molecule has 4 nitrogen and oxygen atoms in total. The number of hydrogen-bond donors (Lipinski definition) is 2. The largest absolute Gasteiger partial charge is 0.419 e. The molecule has 0 aliphatic carbocycles. The minimum atomic E-state index is -4.92. The van der Waals surface area contributed by atoms with Crippen LogP contribution in [0, 0.1) is 11.6 Å². The molecule has 22 heavy (non-hydrogen) atoms. The minimum Gasteiger partial charge on any atom is -0.397 e. The predicted octanol–water partition coefficient (Wildman–Crippen LogP) is 3.21. The van der Waals surface area contributed by atoms with E-state index in [0.717, 1.165) is 18.5 Å². The fourth-order valence-corrected chi connectivity index (χ4v) is 1.70. The Labute approximate surface area is 120 Å². The highest BCUT2D eigenvalue weighted by Crippen LogP contribution is 2.33. The molecule has 0 saturated carbocycles. The summed E-state index contributed by atoms with van der Waals surface area (Å²) in [4.78, 5) is 15.3. The van der Waals surface area contributed by atoms with E-state index in [9.17, 15) is 26.7 Å². The van der Waals surface area contributed by atoms with E-state index in [4.69, 9.17) is 5.73 Å². The molecule has 0 spiro atoms. The molecule has 3 N–H and O–H groups in total. The molecule has 0 bridgehead atoms. The number of pyridine rings is 1. The second-order valence-corrected chi connectivity index (χ2v) is 4.23. The molecule has 116 valence electrons. The monoisotopic (exact) mass is 317 g/mol. The number of hydrogen-bond acceptors (Lipinski definition) is 3. The lowest BCUT2D eigenvalue weighted by Gasteiger charge is -2.12. The molecule has 0 aliphatic heterocycles. The number of nitrogens with two attached hydrogens (primary N) is 1.